The van der Waals surface area contributed by atoms with Gasteiger partial charge in [-0.2, -0.15) is 18.3 Å². The highest BCUT2D eigenvalue weighted by Gasteiger charge is 2.51. The fourth-order valence-electron chi connectivity index (χ4n) is 5.01. The number of carbonyl (C=O) groups excluding carboxylic acids is 2. The zero-order valence-corrected chi connectivity index (χ0v) is 17.7. The van der Waals surface area contributed by atoms with Crippen molar-refractivity contribution in [3.05, 3.63) is 34.1 Å². The number of aromatic nitrogens is 2. The van der Waals surface area contributed by atoms with Crippen LogP contribution in [0.15, 0.2) is 12.1 Å². The van der Waals surface area contributed by atoms with Crippen LogP contribution in [0.4, 0.5) is 13.2 Å². The molecule has 2 saturated heterocycles. The average Bonchev–Trinajstić information content (AvgIpc) is 3.66. The van der Waals surface area contributed by atoms with Gasteiger partial charge < -0.3 is 14.5 Å². The normalized spacial score (nSPS) is 26.2. The number of fused-ring (bicyclic) bond motifs is 2. The summed E-state index contributed by atoms with van der Waals surface area (Å²) in [7, 11) is 0. The number of halogens is 4. The Balaban J connectivity index is 1.28. The third-order valence-electron chi connectivity index (χ3n) is 6.92. The van der Waals surface area contributed by atoms with Crippen LogP contribution >= 0.6 is 11.6 Å². The summed E-state index contributed by atoms with van der Waals surface area (Å²) in [4.78, 5) is 28.9. The van der Waals surface area contributed by atoms with E-state index in [4.69, 9.17) is 16.3 Å². The second kappa shape index (κ2) is 6.84. The maximum Gasteiger partial charge on any atom is 0.433 e. The van der Waals surface area contributed by atoms with E-state index in [0.717, 1.165) is 31.7 Å². The van der Waals surface area contributed by atoms with E-state index in [1.54, 1.807) is 11.0 Å². The fraction of sp³-hybridized carbons (Fsp3) is 0.571. The standard InChI is InChI=1S/C21H20ClF3N4O3/c22-18-13-5-11(10-1-2-10)6-16(21(23,24)25)29(13)26-19(18)20(31)27-3-4-28(17(30)9-27)12-7-14-15(8-12)32-14/h5-6,10,12,14-15H,1-4,7-9H2/t14-,15-/m0/s1. The third kappa shape index (κ3) is 3.26. The van der Waals surface area contributed by atoms with Crippen molar-refractivity contribution >= 4 is 28.9 Å². The molecule has 2 aliphatic carbocycles. The number of carbonyl (C=O) groups is 2. The van der Waals surface area contributed by atoms with Crippen LogP contribution in [0.25, 0.3) is 5.52 Å². The van der Waals surface area contributed by atoms with E-state index in [9.17, 15) is 22.8 Å². The summed E-state index contributed by atoms with van der Waals surface area (Å²) in [5, 5.41) is 3.82. The van der Waals surface area contributed by atoms with Gasteiger partial charge in [0.05, 0.1) is 22.7 Å². The Morgan fingerprint density at radius 3 is 2.50 bits per heavy atom. The van der Waals surface area contributed by atoms with E-state index in [-0.39, 0.29) is 59.4 Å². The molecule has 0 bridgehead atoms. The number of alkyl halides is 3. The molecule has 2 saturated carbocycles. The van der Waals surface area contributed by atoms with E-state index < -0.39 is 17.8 Å². The number of hydrogen-bond donors (Lipinski definition) is 0. The predicted octanol–water partition coefficient (Wildman–Crippen LogP) is 3.10. The smallest absolute Gasteiger partial charge is 0.369 e. The second-order valence-corrected chi connectivity index (χ2v) is 9.44. The largest absolute Gasteiger partial charge is 0.433 e. The van der Waals surface area contributed by atoms with Crippen LogP contribution in [0.3, 0.4) is 0 Å². The molecule has 2 atom stereocenters. The van der Waals surface area contributed by atoms with E-state index >= 15 is 0 Å². The number of hydrogen-bond acceptors (Lipinski definition) is 4. The molecule has 4 heterocycles. The SMILES string of the molecule is O=C(c1nn2c(C(F)(F)F)cc(C3CC3)cc2c1Cl)N1CCN(C2C[C@@H]3O[C@H]3C2)C(=O)C1. The first-order valence-electron chi connectivity index (χ1n) is 10.7. The summed E-state index contributed by atoms with van der Waals surface area (Å²) < 4.78 is 47.2. The lowest BCUT2D eigenvalue weighted by Crippen LogP contribution is -2.55. The van der Waals surface area contributed by atoms with Crippen LogP contribution in [0.5, 0.6) is 0 Å². The summed E-state index contributed by atoms with van der Waals surface area (Å²) >= 11 is 6.37. The molecule has 7 nitrogen and oxygen atoms in total. The molecule has 32 heavy (non-hydrogen) atoms. The molecule has 4 aliphatic rings. The Kier molecular flexibility index (Phi) is 4.33. The molecule has 0 unspecified atom stereocenters. The molecule has 2 amide bonds. The van der Waals surface area contributed by atoms with E-state index in [1.165, 1.54) is 4.90 Å². The van der Waals surface area contributed by atoms with Crippen molar-refractivity contribution in [3.8, 4) is 0 Å². The van der Waals surface area contributed by atoms with Crippen molar-refractivity contribution in [1.82, 2.24) is 19.4 Å². The van der Waals surface area contributed by atoms with Gasteiger partial charge in [-0.25, -0.2) is 4.52 Å². The topological polar surface area (TPSA) is 70.5 Å². The van der Waals surface area contributed by atoms with Gasteiger partial charge in [0.15, 0.2) is 5.69 Å². The van der Waals surface area contributed by atoms with E-state index in [2.05, 4.69) is 5.10 Å². The van der Waals surface area contributed by atoms with Crippen LogP contribution < -0.4 is 0 Å². The number of pyridine rings is 1. The van der Waals surface area contributed by atoms with Crippen LogP contribution in [-0.4, -0.2) is 69.1 Å². The molecule has 6 rings (SSSR count). The van der Waals surface area contributed by atoms with Gasteiger partial charge in [0.25, 0.3) is 5.91 Å². The predicted molar refractivity (Wildman–Crippen MR) is 106 cm³/mol. The maximum atomic E-state index is 13.7. The molecule has 2 aromatic rings. The Hall–Kier alpha value is -2.33. The molecule has 4 fully saturated rings. The average molecular weight is 469 g/mol. The molecule has 0 aromatic carbocycles. The minimum Gasteiger partial charge on any atom is -0.369 e. The Bertz CT molecular complexity index is 1140. The minimum atomic E-state index is -4.65. The van der Waals surface area contributed by atoms with Gasteiger partial charge in [-0.15, -0.1) is 0 Å². The van der Waals surface area contributed by atoms with E-state index in [1.807, 2.05) is 0 Å². The van der Waals surface area contributed by atoms with Crippen LogP contribution in [0.1, 0.15) is 53.3 Å². The lowest BCUT2D eigenvalue weighted by Gasteiger charge is -2.38. The number of rotatable bonds is 3. The molecule has 0 spiro atoms. The van der Waals surface area contributed by atoms with Crippen molar-refractivity contribution in [3.63, 3.8) is 0 Å². The molecule has 0 radical (unpaired) electrons. The number of amides is 2. The first-order valence-corrected chi connectivity index (χ1v) is 11.1. The zero-order chi connectivity index (χ0) is 22.4. The van der Waals surface area contributed by atoms with Crippen molar-refractivity contribution in [2.24, 2.45) is 0 Å². The maximum absolute atomic E-state index is 13.7. The lowest BCUT2D eigenvalue weighted by molar-refractivity contribution is -0.142. The van der Waals surface area contributed by atoms with Gasteiger partial charge in [0.1, 0.15) is 12.2 Å². The molecule has 170 valence electrons. The summed E-state index contributed by atoms with van der Waals surface area (Å²) in [5.74, 6) is -0.739. The number of piperazine rings is 1. The highest BCUT2D eigenvalue weighted by Crippen LogP contribution is 2.44. The number of epoxide rings is 1. The van der Waals surface area contributed by atoms with Crippen molar-refractivity contribution < 1.29 is 27.5 Å². The number of nitrogens with zero attached hydrogens (tertiary/aromatic N) is 4. The van der Waals surface area contributed by atoms with Gasteiger partial charge in [0, 0.05) is 19.1 Å². The Labute approximate surface area is 186 Å². The lowest BCUT2D eigenvalue weighted by atomic mass is 10.1. The van der Waals surface area contributed by atoms with Crippen LogP contribution in [-0.2, 0) is 15.7 Å². The highest BCUT2D eigenvalue weighted by molar-refractivity contribution is 6.36. The monoisotopic (exact) mass is 468 g/mol. The Morgan fingerprint density at radius 1 is 1.16 bits per heavy atom. The number of ether oxygens (including phenoxy) is 1. The molecular weight excluding hydrogens is 449 g/mol. The molecule has 11 heteroatoms. The second-order valence-electron chi connectivity index (χ2n) is 9.06. The highest BCUT2D eigenvalue weighted by atomic mass is 35.5. The Morgan fingerprint density at radius 2 is 1.88 bits per heavy atom. The van der Waals surface area contributed by atoms with Gasteiger partial charge in [-0.05, 0) is 49.3 Å². The summed E-state index contributed by atoms with van der Waals surface area (Å²) in [6, 6.07) is 2.79. The van der Waals surface area contributed by atoms with Gasteiger partial charge in [-0.1, -0.05) is 11.6 Å². The first-order chi connectivity index (χ1) is 15.2. The quantitative estimate of drug-likeness (QED) is 0.649. The summed E-state index contributed by atoms with van der Waals surface area (Å²) in [6.45, 7) is 0.509. The van der Waals surface area contributed by atoms with Crippen LogP contribution in [0, 0.1) is 0 Å². The van der Waals surface area contributed by atoms with Crippen molar-refractivity contribution in [1.29, 1.82) is 0 Å². The molecule has 2 aromatic heterocycles. The minimum absolute atomic E-state index is 0.0573. The first kappa shape index (κ1) is 20.3. The van der Waals surface area contributed by atoms with Crippen molar-refractivity contribution in [2.75, 3.05) is 19.6 Å². The summed E-state index contributed by atoms with van der Waals surface area (Å²) in [6.07, 6.45) is -0.886. The van der Waals surface area contributed by atoms with Gasteiger partial charge in [-0.3, -0.25) is 9.59 Å². The molecular formula is C21H20ClF3N4O3. The third-order valence-corrected chi connectivity index (χ3v) is 7.29. The van der Waals surface area contributed by atoms with Crippen LogP contribution in [0.2, 0.25) is 5.02 Å². The zero-order valence-electron chi connectivity index (χ0n) is 16.9. The molecule has 0 N–H and O–H groups in total. The summed E-state index contributed by atoms with van der Waals surface area (Å²) in [5.41, 5.74) is -0.613. The van der Waals surface area contributed by atoms with Gasteiger partial charge in [0.2, 0.25) is 5.91 Å². The fourth-order valence-corrected chi connectivity index (χ4v) is 5.26. The van der Waals surface area contributed by atoms with E-state index in [0.29, 0.717) is 16.6 Å². The van der Waals surface area contributed by atoms with Crippen molar-refractivity contribution in [2.45, 2.75) is 56.0 Å². The molecule has 2 aliphatic heterocycles. The van der Waals surface area contributed by atoms with Gasteiger partial charge >= 0.3 is 6.18 Å².